The van der Waals surface area contributed by atoms with E-state index in [0.29, 0.717) is 25.7 Å². The fourth-order valence-electron chi connectivity index (χ4n) is 3.09. The van der Waals surface area contributed by atoms with Crippen molar-refractivity contribution in [2.75, 3.05) is 0 Å². The highest BCUT2D eigenvalue weighted by molar-refractivity contribution is 5.64. The molecule has 0 aliphatic carbocycles. The summed E-state index contributed by atoms with van der Waals surface area (Å²) < 4.78 is 5.53. The number of carboxylic acids is 1. The molecule has 0 spiro atoms. The molecule has 1 aliphatic heterocycles. The molecular formula is C20H33O6-. The lowest BCUT2D eigenvalue weighted by atomic mass is 9.87. The van der Waals surface area contributed by atoms with E-state index in [1.807, 2.05) is 12.2 Å². The van der Waals surface area contributed by atoms with Crippen LogP contribution in [0.1, 0.15) is 64.7 Å². The van der Waals surface area contributed by atoms with E-state index < -0.39 is 30.6 Å². The van der Waals surface area contributed by atoms with Gasteiger partial charge < -0.3 is 30.0 Å². The second-order valence-corrected chi connectivity index (χ2v) is 6.94. The lowest BCUT2D eigenvalue weighted by molar-refractivity contribution is -0.305. The van der Waals surface area contributed by atoms with Gasteiger partial charge in [-0.05, 0) is 32.1 Å². The van der Waals surface area contributed by atoms with Gasteiger partial charge in [-0.3, -0.25) is 0 Å². The van der Waals surface area contributed by atoms with Crippen molar-refractivity contribution in [2.45, 2.75) is 89.3 Å². The smallest absolute Gasteiger partial charge is 0.157 e. The molecule has 1 rings (SSSR count). The van der Waals surface area contributed by atoms with Crippen molar-refractivity contribution >= 4 is 5.97 Å². The van der Waals surface area contributed by atoms with Crippen molar-refractivity contribution in [3.8, 4) is 0 Å². The summed E-state index contributed by atoms with van der Waals surface area (Å²) in [6.45, 7) is 2.11. The van der Waals surface area contributed by atoms with Gasteiger partial charge in [-0.25, -0.2) is 0 Å². The Labute approximate surface area is 156 Å². The monoisotopic (exact) mass is 369 g/mol. The van der Waals surface area contributed by atoms with Crippen LogP contribution in [-0.4, -0.2) is 45.9 Å². The summed E-state index contributed by atoms with van der Waals surface area (Å²) >= 11 is 0. The first-order valence-corrected chi connectivity index (χ1v) is 9.66. The second kappa shape index (κ2) is 13.0. The van der Waals surface area contributed by atoms with Crippen LogP contribution in [0.3, 0.4) is 0 Å². The fourth-order valence-corrected chi connectivity index (χ4v) is 3.09. The van der Waals surface area contributed by atoms with E-state index in [1.54, 1.807) is 12.2 Å². The Morgan fingerprint density at radius 2 is 2.04 bits per heavy atom. The number of ether oxygens (including phenoxy) is 1. The maximum atomic E-state index is 10.4. The van der Waals surface area contributed by atoms with Gasteiger partial charge >= 0.3 is 0 Å². The number of carboxylic acid groups (broad SMARTS) is 1. The van der Waals surface area contributed by atoms with Crippen LogP contribution in [0.5, 0.6) is 0 Å². The molecule has 1 unspecified atom stereocenters. The normalized spacial score (nSPS) is 28.0. The van der Waals surface area contributed by atoms with Gasteiger partial charge in [-0.1, -0.05) is 50.5 Å². The van der Waals surface area contributed by atoms with Crippen molar-refractivity contribution in [3.05, 3.63) is 24.3 Å². The van der Waals surface area contributed by atoms with Gasteiger partial charge in [0.1, 0.15) is 0 Å². The molecular weight excluding hydrogens is 336 g/mol. The van der Waals surface area contributed by atoms with Gasteiger partial charge in [-0.15, -0.1) is 0 Å². The molecule has 5 atom stereocenters. The van der Waals surface area contributed by atoms with E-state index in [4.69, 9.17) is 4.74 Å². The number of hydrogen-bond donors (Lipinski definition) is 3. The molecule has 1 aliphatic rings. The van der Waals surface area contributed by atoms with Crippen molar-refractivity contribution in [1.29, 1.82) is 0 Å². The van der Waals surface area contributed by atoms with E-state index >= 15 is 0 Å². The Bertz CT molecular complexity index is 448. The third kappa shape index (κ3) is 9.48. The average molecular weight is 369 g/mol. The number of rotatable bonds is 12. The number of hydrogen-bond acceptors (Lipinski definition) is 6. The zero-order valence-corrected chi connectivity index (χ0v) is 15.6. The number of aliphatic carboxylic acids is 1. The summed E-state index contributed by atoms with van der Waals surface area (Å²) in [5.74, 6) is -1.26. The van der Waals surface area contributed by atoms with Crippen LogP contribution in [0.2, 0.25) is 0 Å². The molecule has 0 radical (unpaired) electrons. The first-order valence-electron chi connectivity index (χ1n) is 9.66. The Hall–Kier alpha value is -1.21. The zero-order valence-electron chi connectivity index (χ0n) is 15.6. The SMILES string of the molecule is CCCCC[C@H](O)/C=C/[C@H]1OC(O)C[C@H](O)[C@@H]1C/C=C\CCCC(=O)[O-]. The molecule has 3 N–H and O–H groups in total. The number of carbonyl (C=O) groups is 1. The van der Waals surface area contributed by atoms with Crippen LogP contribution in [0.25, 0.3) is 0 Å². The topological polar surface area (TPSA) is 110 Å². The summed E-state index contributed by atoms with van der Waals surface area (Å²) in [6, 6.07) is 0. The van der Waals surface area contributed by atoms with Gasteiger partial charge in [0, 0.05) is 18.3 Å². The maximum Gasteiger partial charge on any atom is 0.157 e. The van der Waals surface area contributed by atoms with Crippen LogP contribution >= 0.6 is 0 Å². The molecule has 1 fully saturated rings. The zero-order chi connectivity index (χ0) is 19.4. The predicted octanol–water partition coefficient (Wildman–Crippen LogP) is 1.43. The van der Waals surface area contributed by atoms with E-state index in [2.05, 4.69) is 6.92 Å². The minimum atomic E-state index is -1.05. The van der Waals surface area contributed by atoms with Gasteiger partial charge in [0.25, 0.3) is 0 Å². The standard InChI is InChI=1S/C20H34O6/c1-2-3-6-9-15(21)12-13-18-16(17(22)14-20(25)26-18)10-7-4-5-8-11-19(23)24/h4,7,12-13,15-18,20-22,25H,2-3,5-6,8-11,14H2,1H3,(H,23,24)/p-1/b7-4-,13-12+/t15-,16-,17-,18+,20?/m0/s1. The first-order chi connectivity index (χ1) is 12.4. The van der Waals surface area contributed by atoms with Gasteiger partial charge in [-0.2, -0.15) is 0 Å². The van der Waals surface area contributed by atoms with E-state index in [1.165, 1.54) is 0 Å². The van der Waals surface area contributed by atoms with E-state index in [-0.39, 0.29) is 18.8 Å². The highest BCUT2D eigenvalue weighted by Crippen LogP contribution is 2.29. The van der Waals surface area contributed by atoms with Crippen LogP contribution in [0, 0.1) is 5.92 Å². The fraction of sp³-hybridized carbons (Fsp3) is 0.750. The number of carbonyl (C=O) groups excluding carboxylic acids is 1. The van der Waals surface area contributed by atoms with Gasteiger partial charge in [0.05, 0.1) is 18.3 Å². The Morgan fingerprint density at radius 1 is 1.27 bits per heavy atom. The molecule has 6 heteroatoms. The molecule has 1 heterocycles. The number of aliphatic hydroxyl groups excluding tert-OH is 3. The third-order valence-corrected chi connectivity index (χ3v) is 4.63. The molecule has 0 amide bonds. The highest BCUT2D eigenvalue weighted by atomic mass is 16.6. The summed E-state index contributed by atoms with van der Waals surface area (Å²) in [5, 5.41) is 40.4. The molecule has 0 saturated carbocycles. The molecule has 26 heavy (non-hydrogen) atoms. The molecule has 1 saturated heterocycles. The Kier molecular flexibility index (Phi) is 11.4. The lowest BCUT2D eigenvalue weighted by Gasteiger charge is -2.36. The minimum Gasteiger partial charge on any atom is -0.550 e. The molecule has 0 aromatic heterocycles. The van der Waals surface area contributed by atoms with Crippen LogP contribution < -0.4 is 5.11 Å². The molecule has 0 aromatic rings. The van der Waals surface area contributed by atoms with Gasteiger partial charge in [0.15, 0.2) is 6.29 Å². The summed E-state index contributed by atoms with van der Waals surface area (Å²) in [6.07, 6.45) is 10.2. The maximum absolute atomic E-state index is 10.4. The van der Waals surface area contributed by atoms with Crippen LogP contribution in [0.4, 0.5) is 0 Å². The van der Waals surface area contributed by atoms with Crippen molar-refractivity contribution in [3.63, 3.8) is 0 Å². The van der Waals surface area contributed by atoms with Crippen molar-refractivity contribution in [2.24, 2.45) is 5.92 Å². The number of unbranched alkanes of at least 4 members (excludes halogenated alkanes) is 3. The first kappa shape index (κ1) is 22.8. The molecule has 0 aromatic carbocycles. The van der Waals surface area contributed by atoms with Crippen LogP contribution in [-0.2, 0) is 9.53 Å². The minimum absolute atomic E-state index is 0.0347. The summed E-state index contributed by atoms with van der Waals surface area (Å²) in [5.41, 5.74) is 0. The highest BCUT2D eigenvalue weighted by Gasteiger charge is 2.35. The number of allylic oxidation sites excluding steroid dienone is 2. The third-order valence-electron chi connectivity index (χ3n) is 4.63. The lowest BCUT2D eigenvalue weighted by Crippen LogP contribution is -2.43. The molecule has 0 bridgehead atoms. The largest absolute Gasteiger partial charge is 0.550 e. The Balaban J connectivity index is 2.52. The number of aliphatic hydroxyl groups is 3. The second-order valence-electron chi connectivity index (χ2n) is 6.94. The van der Waals surface area contributed by atoms with Crippen molar-refractivity contribution < 1.29 is 30.0 Å². The average Bonchev–Trinajstić information content (AvgIpc) is 2.57. The predicted molar refractivity (Wildman–Crippen MR) is 96.9 cm³/mol. The summed E-state index contributed by atoms with van der Waals surface area (Å²) in [4.78, 5) is 10.4. The molecule has 150 valence electrons. The van der Waals surface area contributed by atoms with Crippen LogP contribution in [0.15, 0.2) is 24.3 Å². The van der Waals surface area contributed by atoms with Gasteiger partial charge in [0.2, 0.25) is 0 Å². The van der Waals surface area contributed by atoms with E-state index in [9.17, 15) is 25.2 Å². The Morgan fingerprint density at radius 3 is 2.73 bits per heavy atom. The van der Waals surface area contributed by atoms with E-state index in [0.717, 1.165) is 19.3 Å². The molecule has 6 nitrogen and oxygen atoms in total. The summed E-state index contributed by atoms with van der Waals surface area (Å²) in [7, 11) is 0. The van der Waals surface area contributed by atoms with Crippen molar-refractivity contribution in [1.82, 2.24) is 0 Å². The quantitative estimate of drug-likeness (QED) is 0.355.